The number of rotatable bonds is 6. The summed E-state index contributed by atoms with van der Waals surface area (Å²) in [7, 11) is 1.71. The Hall–Kier alpha value is -0.610. The largest absolute Gasteiger partial charge is 0.385 e. The molecule has 0 saturated heterocycles. The van der Waals surface area contributed by atoms with Crippen LogP contribution < -0.4 is 11.3 Å². The third-order valence-electron chi connectivity index (χ3n) is 3.08. The SMILES string of the molecule is COCCC(C)C(NN)c1ccc(C)c(Cl)c1. The van der Waals surface area contributed by atoms with E-state index in [2.05, 4.69) is 18.4 Å². The molecule has 0 aliphatic heterocycles. The molecule has 96 valence electrons. The summed E-state index contributed by atoms with van der Waals surface area (Å²) in [5.74, 6) is 6.02. The van der Waals surface area contributed by atoms with E-state index in [0.717, 1.165) is 29.2 Å². The van der Waals surface area contributed by atoms with Gasteiger partial charge in [-0.2, -0.15) is 0 Å². The number of aryl methyl sites for hydroxylation is 1. The van der Waals surface area contributed by atoms with E-state index in [9.17, 15) is 0 Å². The average Bonchev–Trinajstić information content (AvgIpc) is 2.32. The molecule has 1 aromatic carbocycles. The highest BCUT2D eigenvalue weighted by Gasteiger charge is 2.18. The molecule has 1 aromatic rings. The molecular weight excluding hydrogens is 236 g/mol. The van der Waals surface area contributed by atoms with Gasteiger partial charge >= 0.3 is 0 Å². The molecule has 0 spiro atoms. The number of halogens is 1. The topological polar surface area (TPSA) is 47.3 Å². The summed E-state index contributed by atoms with van der Waals surface area (Å²) in [6.07, 6.45) is 0.955. The number of hydrogen-bond donors (Lipinski definition) is 2. The van der Waals surface area contributed by atoms with E-state index in [-0.39, 0.29) is 6.04 Å². The first kappa shape index (κ1) is 14.5. The number of nitrogens with one attached hydrogen (secondary N) is 1. The summed E-state index contributed by atoms with van der Waals surface area (Å²) in [6, 6.07) is 6.16. The molecule has 0 aliphatic rings. The second-order valence-electron chi connectivity index (χ2n) is 4.41. The Bertz CT molecular complexity index is 357. The molecule has 0 aliphatic carbocycles. The minimum absolute atomic E-state index is 0.100. The molecule has 2 unspecified atom stereocenters. The molecule has 0 saturated carbocycles. The number of benzene rings is 1. The van der Waals surface area contributed by atoms with Crippen LogP contribution in [0.15, 0.2) is 18.2 Å². The van der Waals surface area contributed by atoms with Crippen LogP contribution in [0.2, 0.25) is 5.02 Å². The highest BCUT2D eigenvalue weighted by atomic mass is 35.5. The Balaban J connectivity index is 2.81. The summed E-state index contributed by atoms with van der Waals surface area (Å²) in [5, 5.41) is 0.779. The van der Waals surface area contributed by atoms with E-state index < -0.39 is 0 Å². The van der Waals surface area contributed by atoms with Crippen LogP contribution in [0.25, 0.3) is 0 Å². The first-order valence-electron chi connectivity index (χ1n) is 5.81. The van der Waals surface area contributed by atoms with Gasteiger partial charge < -0.3 is 4.74 Å². The van der Waals surface area contributed by atoms with Crippen molar-refractivity contribution >= 4 is 11.6 Å². The van der Waals surface area contributed by atoms with Gasteiger partial charge in [-0.25, -0.2) is 0 Å². The lowest BCUT2D eigenvalue weighted by Gasteiger charge is -2.24. The van der Waals surface area contributed by atoms with E-state index in [1.807, 2.05) is 19.1 Å². The van der Waals surface area contributed by atoms with Crippen LogP contribution in [0.4, 0.5) is 0 Å². The van der Waals surface area contributed by atoms with Gasteiger partial charge in [-0.15, -0.1) is 0 Å². The smallest absolute Gasteiger partial charge is 0.0486 e. The quantitative estimate of drug-likeness (QED) is 0.608. The van der Waals surface area contributed by atoms with Gasteiger partial charge in [0.15, 0.2) is 0 Å². The first-order valence-corrected chi connectivity index (χ1v) is 6.19. The molecule has 0 radical (unpaired) electrons. The van der Waals surface area contributed by atoms with Crippen LogP contribution in [0.3, 0.4) is 0 Å². The first-order chi connectivity index (χ1) is 8.10. The Morgan fingerprint density at radius 1 is 1.47 bits per heavy atom. The van der Waals surface area contributed by atoms with Crippen LogP contribution in [-0.4, -0.2) is 13.7 Å². The van der Waals surface area contributed by atoms with Crippen molar-refractivity contribution in [1.29, 1.82) is 0 Å². The van der Waals surface area contributed by atoms with Crippen LogP contribution in [0.1, 0.15) is 30.5 Å². The second-order valence-corrected chi connectivity index (χ2v) is 4.82. The fourth-order valence-corrected chi connectivity index (χ4v) is 2.05. The molecular formula is C13H21ClN2O. The summed E-state index contributed by atoms with van der Waals surface area (Å²) in [6.45, 7) is 4.88. The van der Waals surface area contributed by atoms with Crippen molar-refractivity contribution in [3.05, 3.63) is 34.3 Å². The minimum atomic E-state index is 0.100. The van der Waals surface area contributed by atoms with Crippen molar-refractivity contribution in [2.45, 2.75) is 26.3 Å². The summed E-state index contributed by atoms with van der Waals surface area (Å²) < 4.78 is 5.09. The Morgan fingerprint density at radius 2 is 2.18 bits per heavy atom. The van der Waals surface area contributed by atoms with Gasteiger partial charge in [0.05, 0.1) is 0 Å². The molecule has 17 heavy (non-hydrogen) atoms. The van der Waals surface area contributed by atoms with Crippen molar-refractivity contribution in [3.63, 3.8) is 0 Å². The predicted octanol–water partition coefficient (Wildman–Crippen LogP) is 2.83. The van der Waals surface area contributed by atoms with Crippen LogP contribution in [0.5, 0.6) is 0 Å². The number of hydrogen-bond acceptors (Lipinski definition) is 3. The summed E-state index contributed by atoms with van der Waals surface area (Å²) >= 11 is 6.13. The van der Waals surface area contributed by atoms with Crippen molar-refractivity contribution in [3.8, 4) is 0 Å². The van der Waals surface area contributed by atoms with E-state index in [0.29, 0.717) is 5.92 Å². The fraction of sp³-hybridized carbons (Fsp3) is 0.538. The standard InChI is InChI=1S/C13H21ClN2O/c1-9-4-5-11(8-12(9)14)13(16-15)10(2)6-7-17-3/h4-5,8,10,13,16H,6-7,15H2,1-3H3. The summed E-state index contributed by atoms with van der Waals surface area (Å²) in [5.41, 5.74) is 5.06. The lowest BCUT2D eigenvalue weighted by atomic mass is 9.92. The van der Waals surface area contributed by atoms with E-state index in [1.165, 1.54) is 0 Å². The average molecular weight is 257 g/mol. The molecule has 4 heteroatoms. The lowest BCUT2D eigenvalue weighted by molar-refractivity contribution is 0.170. The molecule has 3 nitrogen and oxygen atoms in total. The minimum Gasteiger partial charge on any atom is -0.385 e. The Kier molecular flexibility index (Phi) is 5.92. The predicted molar refractivity (Wildman–Crippen MR) is 71.9 cm³/mol. The summed E-state index contributed by atoms with van der Waals surface area (Å²) in [4.78, 5) is 0. The van der Waals surface area contributed by atoms with E-state index >= 15 is 0 Å². The Morgan fingerprint density at radius 3 is 2.71 bits per heavy atom. The highest BCUT2D eigenvalue weighted by molar-refractivity contribution is 6.31. The third-order valence-corrected chi connectivity index (χ3v) is 3.49. The molecule has 0 heterocycles. The van der Waals surface area contributed by atoms with Crippen LogP contribution in [-0.2, 0) is 4.74 Å². The second kappa shape index (κ2) is 6.97. The van der Waals surface area contributed by atoms with Crippen LogP contribution in [0, 0.1) is 12.8 Å². The number of ether oxygens (including phenoxy) is 1. The number of hydrazine groups is 1. The van der Waals surface area contributed by atoms with Crippen molar-refractivity contribution < 1.29 is 4.74 Å². The van der Waals surface area contributed by atoms with Crippen molar-refractivity contribution in [1.82, 2.24) is 5.43 Å². The van der Waals surface area contributed by atoms with Crippen molar-refractivity contribution in [2.75, 3.05) is 13.7 Å². The van der Waals surface area contributed by atoms with Gasteiger partial charge in [0.25, 0.3) is 0 Å². The maximum Gasteiger partial charge on any atom is 0.0486 e. The zero-order valence-corrected chi connectivity index (χ0v) is 11.4. The molecule has 1 rings (SSSR count). The molecule has 0 fully saturated rings. The third kappa shape index (κ3) is 3.96. The zero-order chi connectivity index (χ0) is 12.8. The van der Waals surface area contributed by atoms with Gasteiger partial charge in [0.2, 0.25) is 0 Å². The van der Waals surface area contributed by atoms with Gasteiger partial charge in [-0.1, -0.05) is 30.7 Å². The van der Waals surface area contributed by atoms with Gasteiger partial charge in [-0.05, 0) is 36.5 Å². The maximum absolute atomic E-state index is 6.13. The molecule has 0 amide bonds. The highest BCUT2D eigenvalue weighted by Crippen LogP contribution is 2.27. The van der Waals surface area contributed by atoms with Gasteiger partial charge in [0.1, 0.15) is 0 Å². The van der Waals surface area contributed by atoms with Gasteiger partial charge in [-0.3, -0.25) is 11.3 Å². The fourth-order valence-electron chi connectivity index (χ4n) is 1.86. The van der Waals surface area contributed by atoms with Crippen molar-refractivity contribution in [2.24, 2.45) is 11.8 Å². The van der Waals surface area contributed by atoms with Crippen LogP contribution >= 0.6 is 11.6 Å². The van der Waals surface area contributed by atoms with Gasteiger partial charge in [0, 0.05) is 24.8 Å². The Labute approximate surface area is 108 Å². The molecule has 2 atom stereocenters. The maximum atomic E-state index is 6.13. The molecule has 3 N–H and O–H groups in total. The number of methoxy groups -OCH3 is 1. The van der Waals surface area contributed by atoms with E-state index in [4.69, 9.17) is 22.2 Å². The molecule has 0 aromatic heterocycles. The zero-order valence-electron chi connectivity index (χ0n) is 10.7. The number of nitrogens with two attached hydrogens (primary N) is 1. The lowest BCUT2D eigenvalue weighted by Crippen LogP contribution is -2.33. The molecule has 0 bridgehead atoms. The monoisotopic (exact) mass is 256 g/mol. The van der Waals surface area contributed by atoms with E-state index in [1.54, 1.807) is 7.11 Å². The normalized spacial score (nSPS) is 14.6.